The molecule has 0 amide bonds. The first-order chi connectivity index (χ1) is 8.13. The fraction of sp³-hybridized carbons (Fsp3) is 0.667. The van der Waals surface area contributed by atoms with Gasteiger partial charge in [-0.1, -0.05) is 29.8 Å². The number of nitrogens with zero attached hydrogens (tertiary/aromatic N) is 3. The third kappa shape index (κ3) is 2.59. The van der Waals surface area contributed by atoms with Gasteiger partial charge in [0.05, 0.1) is 5.69 Å². The molecule has 1 aliphatic rings. The van der Waals surface area contributed by atoms with Crippen molar-refractivity contribution >= 4 is 21.7 Å². The average Bonchev–Trinajstić information content (AvgIpc) is 2.33. The van der Waals surface area contributed by atoms with Gasteiger partial charge in [-0.3, -0.25) is 0 Å². The van der Waals surface area contributed by atoms with Crippen LogP contribution in [0, 0.1) is 11.7 Å². The van der Waals surface area contributed by atoms with Crippen molar-refractivity contribution < 1.29 is 4.39 Å². The van der Waals surface area contributed by atoms with Crippen molar-refractivity contribution in [2.45, 2.75) is 31.5 Å². The van der Waals surface area contributed by atoms with Gasteiger partial charge in [0.2, 0.25) is 0 Å². The molecule has 5 heteroatoms. The second kappa shape index (κ2) is 5.29. The number of halogens is 2. The molecular formula is C12H17BrFN3. The second-order valence-electron chi connectivity index (χ2n) is 4.54. The standard InChI is InChI=1S/C12H17BrFN3/c1-3-10-11(14)12(16-7-15-10)17-5-4-9(13)8(2)6-17/h7-9H,3-6H2,1-2H3. The minimum atomic E-state index is -0.254. The molecule has 0 saturated carbocycles. The molecular weight excluding hydrogens is 285 g/mol. The highest BCUT2D eigenvalue weighted by atomic mass is 79.9. The maximum absolute atomic E-state index is 14.1. The van der Waals surface area contributed by atoms with Crippen LogP contribution in [0.4, 0.5) is 10.2 Å². The Morgan fingerprint density at radius 3 is 2.94 bits per heavy atom. The van der Waals surface area contributed by atoms with E-state index in [-0.39, 0.29) is 5.82 Å². The van der Waals surface area contributed by atoms with Crippen LogP contribution in [0.25, 0.3) is 0 Å². The molecule has 0 spiro atoms. The van der Waals surface area contributed by atoms with Crippen LogP contribution in [0.1, 0.15) is 26.0 Å². The Bertz CT molecular complexity index is 399. The Morgan fingerprint density at radius 1 is 1.53 bits per heavy atom. The number of alkyl halides is 1. The van der Waals surface area contributed by atoms with Crippen molar-refractivity contribution in [2.24, 2.45) is 5.92 Å². The fourth-order valence-electron chi connectivity index (χ4n) is 2.17. The van der Waals surface area contributed by atoms with E-state index in [1.165, 1.54) is 6.33 Å². The van der Waals surface area contributed by atoms with Crippen molar-refractivity contribution in [3.8, 4) is 0 Å². The van der Waals surface area contributed by atoms with Gasteiger partial charge in [0.25, 0.3) is 0 Å². The molecule has 17 heavy (non-hydrogen) atoms. The Kier molecular flexibility index (Phi) is 3.97. The molecule has 1 aromatic heterocycles. The molecule has 1 aromatic rings. The van der Waals surface area contributed by atoms with E-state index in [1.54, 1.807) is 0 Å². The number of aromatic nitrogens is 2. The normalized spacial score (nSPS) is 25.1. The zero-order valence-corrected chi connectivity index (χ0v) is 11.7. The van der Waals surface area contributed by atoms with Crippen LogP contribution in [-0.2, 0) is 6.42 Å². The van der Waals surface area contributed by atoms with Crippen LogP contribution in [0.5, 0.6) is 0 Å². The van der Waals surface area contributed by atoms with Crippen molar-refractivity contribution in [1.82, 2.24) is 9.97 Å². The van der Waals surface area contributed by atoms with Gasteiger partial charge in [0.1, 0.15) is 6.33 Å². The molecule has 2 unspecified atom stereocenters. The van der Waals surface area contributed by atoms with Crippen molar-refractivity contribution in [3.63, 3.8) is 0 Å². The van der Waals surface area contributed by atoms with E-state index >= 15 is 0 Å². The summed E-state index contributed by atoms with van der Waals surface area (Å²) < 4.78 is 14.1. The lowest BCUT2D eigenvalue weighted by Gasteiger charge is -2.35. The second-order valence-corrected chi connectivity index (χ2v) is 5.72. The summed E-state index contributed by atoms with van der Waals surface area (Å²) in [5, 5.41) is 0. The summed E-state index contributed by atoms with van der Waals surface area (Å²) in [5.74, 6) is 0.710. The topological polar surface area (TPSA) is 29.0 Å². The molecule has 2 atom stereocenters. The predicted octanol–water partition coefficient (Wildman–Crippen LogP) is 2.79. The molecule has 1 aliphatic heterocycles. The Morgan fingerprint density at radius 2 is 2.29 bits per heavy atom. The number of hydrogen-bond acceptors (Lipinski definition) is 3. The van der Waals surface area contributed by atoms with Crippen LogP contribution in [0.3, 0.4) is 0 Å². The Hall–Kier alpha value is -0.710. The molecule has 0 radical (unpaired) electrons. The molecule has 2 rings (SSSR count). The van der Waals surface area contributed by atoms with E-state index in [2.05, 4.69) is 32.8 Å². The van der Waals surface area contributed by atoms with Crippen LogP contribution in [-0.4, -0.2) is 27.9 Å². The lowest BCUT2D eigenvalue weighted by Crippen LogP contribution is -2.40. The molecule has 3 nitrogen and oxygen atoms in total. The van der Waals surface area contributed by atoms with E-state index in [4.69, 9.17) is 0 Å². The molecule has 0 aliphatic carbocycles. The van der Waals surface area contributed by atoms with E-state index in [9.17, 15) is 4.39 Å². The Balaban J connectivity index is 2.23. The zero-order chi connectivity index (χ0) is 12.4. The van der Waals surface area contributed by atoms with Crippen molar-refractivity contribution in [3.05, 3.63) is 17.8 Å². The highest BCUT2D eigenvalue weighted by molar-refractivity contribution is 9.09. The average molecular weight is 302 g/mol. The minimum absolute atomic E-state index is 0.254. The maximum atomic E-state index is 14.1. The largest absolute Gasteiger partial charge is 0.354 e. The maximum Gasteiger partial charge on any atom is 0.187 e. The summed E-state index contributed by atoms with van der Waals surface area (Å²) in [7, 11) is 0. The van der Waals surface area contributed by atoms with Crippen LogP contribution < -0.4 is 4.90 Å². The van der Waals surface area contributed by atoms with E-state index in [1.807, 2.05) is 11.8 Å². The fourth-order valence-corrected chi connectivity index (χ4v) is 2.54. The van der Waals surface area contributed by atoms with Crippen LogP contribution in [0.2, 0.25) is 0 Å². The third-order valence-corrected chi connectivity index (χ3v) is 4.64. The monoisotopic (exact) mass is 301 g/mol. The summed E-state index contributed by atoms with van der Waals surface area (Å²) in [6.07, 6.45) is 3.08. The van der Waals surface area contributed by atoms with Gasteiger partial charge in [-0.05, 0) is 18.8 Å². The molecule has 94 valence electrons. The summed E-state index contributed by atoms with van der Waals surface area (Å²) in [5.41, 5.74) is 0.503. The third-order valence-electron chi connectivity index (χ3n) is 3.28. The van der Waals surface area contributed by atoms with E-state index in [0.29, 0.717) is 28.7 Å². The van der Waals surface area contributed by atoms with E-state index in [0.717, 1.165) is 19.5 Å². The number of rotatable bonds is 2. The van der Waals surface area contributed by atoms with Gasteiger partial charge >= 0.3 is 0 Å². The molecule has 0 aromatic carbocycles. The minimum Gasteiger partial charge on any atom is -0.354 e. The van der Waals surface area contributed by atoms with Gasteiger partial charge in [-0.15, -0.1) is 0 Å². The van der Waals surface area contributed by atoms with Crippen molar-refractivity contribution in [2.75, 3.05) is 18.0 Å². The first-order valence-electron chi connectivity index (χ1n) is 6.01. The van der Waals surface area contributed by atoms with Gasteiger partial charge < -0.3 is 4.90 Å². The molecule has 0 N–H and O–H groups in total. The molecule has 1 saturated heterocycles. The smallest absolute Gasteiger partial charge is 0.187 e. The SMILES string of the molecule is CCc1ncnc(N2CCC(Br)C(C)C2)c1F. The highest BCUT2D eigenvalue weighted by Crippen LogP contribution is 2.28. The van der Waals surface area contributed by atoms with Gasteiger partial charge in [-0.25, -0.2) is 14.4 Å². The quantitative estimate of drug-likeness (QED) is 0.787. The first kappa shape index (κ1) is 12.7. The molecule has 0 bridgehead atoms. The lowest BCUT2D eigenvalue weighted by atomic mass is 10.00. The lowest BCUT2D eigenvalue weighted by molar-refractivity contribution is 0.455. The number of aryl methyl sites for hydroxylation is 1. The zero-order valence-electron chi connectivity index (χ0n) is 10.2. The van der Waals surface area contributed by atoms with Crippen LogP contribution in [0.15, 0.2) is 6.33 Å². The summed E-state index contributed by atoms with van der Waals surface area (Å²) in [6.45, 7) is 5.76. The highest BCUT2D eigenvalue weighted by Gasteiger charge is 2.27. The van der Waals surface area contributed by atoms with Crippen molar-refractivity contribution in [1.29, 1.82) is 0 Å². The first-order valence-corrected chi connectivity index (χ1v) is 6.93. The van der Waals surface area contributed by atoms with Gasteiger partial charge in [0.15, 0.2) is 11.6 Å². The van der Waals surface area contributed by atoms with Crippen LogP contribution >= 0.6 is 15.9 Å². The summed E-state index contributed by atoms with van der Waals surface area (Å²) >= 11 is 3.65. The number of piperidine rings is 1. The predicted molar refractivity (Wildman–Crippen MR) is 70.1 cm³/mol. The molecule has 1 fully saturated rings. The summed E-state index contributed by atoms with van der Waals surface area (Å²) in [6, 6.07) is 0. The molecule has 2 heterocycles. The van der Waals surface area contributed by atoms with E-state index < -0.39 is 0 Å². The number of anilines is 1. The van der Waals surface area contributed by atoms with Gasteiger partial charge in [-0.2, -0.15) is 0 Å². The summed E-state index contributed by atoms with van der Waals surface area (Å²) in [4.78, 5) is 10.6. The Labute approximate surface area is 110 Å². The van der Waals surface area contributed by atoms with Gasteiger partial charge in [0, 0.05) is 17.9 Å². The number of hydrogen-bond donors (Lipinski definition) is 0.